The van der Waals surface area contributed by atoms with E-state index >= 15 is 0 Å². The van der Waals surface area contributed by atoms with E-state index in [1.165, 1.54) is 16.8 Å². The van der Waals surface area contributed by atoms with E-state index in [1.807, 2.05) is 0 Å². The van der Waals surface area contributed by atoms with Crippen LogP contribution in [0.15, 0.2) is 0 Å². The summed E-state index contributed by atoms with van der Waals surface area (Å²) < 4.78 is 22.1. The SMILES string of the molecule is CN(CCS(C)(=O)=O)C(=O)N1CCCCC1C(=O)O. The van der Waals surface area contributed by atoms with Gasteiger partial charge in [-0.25, -0.2) is 18.0 Å². The molecule has 0 bridgehead atoms. The Balaban J connectivity index is 2.66. The van der Waals surface area contributed by atoms with Crippen molar-refractivity contribution in [1.29, 1.82) is 0 Å². The first-order chi connectivity index (χ1) is 8.72. The Labute approximate surface area is 113 Å². The highest BCUT2D eigenvalue weighted by Gasteiger charge is 2.33. The summed E-state index contributed by atoms with van der Waals surface area (Å²) in [6.45, 7) is 0.472. The lowest BCUT2D eigenvalue weighted by atomic mass is 10.0. The average molecular weight is 292 g/mol. The van der Waals surface area contributed by atoms with Crippen molar-refractivity contribution in [3.05, 3.63) is 0 Å². The van der Waals surface area contributed by atoms with Crippen molar-refractivity contribution in [2.24, 2.45) is 0 Å². The summed E-state index contributed by atoms with van der Waals surface area (Å²) in [6, 6.07) is -1.22. The number of carbonyl (C=O) groups excluding carboxylic acids is 1. The fourth-order valence-corrected chi connectivity index (χ4v) is 2.64. The van der Waals surface area contributed by atoms with Crippen molar-refractivity contribution in [3.63, 3.8) is 0 Å². The van der Waals surface area contributed by atoms with Gasteiger partial charge in [-0.15, -0.1) is 0 Å². The van der Waals surface area contributed by atoms with E-state index < -0.39 is 27.9 Å². The molecule has 1 aliphatic heterocycles. The molecule has 1 saturated heterocycles. The number of carboxylic acid groups (broad SMARTS) is 1. The highest BCUT2D eigenvalue weighted by Crippen LogP contribution is 2.18. The molecule has 19 heavy (non-hydrogen) atoms. The Morgan fingerprint density at radius 3 is 2.53 bits per heavy atom. The monoisotopic (exact) mass is 292 g/mol. The summed E-state index contributed by atoms with van der Waals surface area (Å²) in [6.07, 6.45) is 3.11. The largest absolute Gasteiger partial charge is 0.480 e. The molecule has 0 radical (unpaired) electrons. The molecule has 7 nitrogen and oxygen atoms in total. The molecular formula is C11H20N2O5S. The number of hydrogen-bond donors (Lipinski definition) is 1. The van der Waals surface area contributed by atoms with Gasteiger partial charge in [0.1, 0.15) is 15.9 Å². The van der Waals surface area contributed by atoms with E-state index in [9.17, 15) is 18.0 Å². The molecule has 110 valence electrons. The highest BCUT2D eigenvalue weighted by molar-refractivity contribution is 7.90. The number of rotatable bonds is 4. The van der Waals surface area contributed by atoms with Crippen LogP contribution in [-0.2, 0) is 14.6 Å². The summed E-state index contributed by atoms with van der Waals surface area (Å²) in [4.78, 5) is 25.8. The van der Waals surface area contributed by atoms with E-state index in [0.717, 1.165) is 19.1 Å². The van der Waals surface area contributed by atoms with Gasteiger partial charge in [0.15, 0.2) is 0 Å². The lowest BCUT2D eigenvalue weighted by molar-refractivity contribution is -0.143. The van der Waals surface area contributed by atoms with Crippen molar-refractivity contribution in [1.82, 2.24) is 9.80 Å². The third kappa shape index (κ3) is 4.70. The first-order valence-corrected chi connectivity index (χ1v) is 8.20. The first kappa shape index (κ1) is 15.7. The third-order valence-electron chi connectivity index (χ3n) is 3.16. The van der Waals surface area contributed by atoms with E-state index in [1.54, 1.807) is 0 Å². The van der Waals surface area contributed by atoms with Gasteiger partial charge in [-0.05, 0) is 19.3 Å². The number of piperidine rings is 1. The molecule has 1 fully saturated rings. The van der Waals surface area contributed by atoms with Crippen molar-refractivity contribution in [2.45, 2.75) is 25.3 Å². The second-order valence-electron chi connectivity index (χ2n) is 4.88. The van der Waals surface area contributed by atoms with Crippen LogP contribution in [0, 0.1) is 0 Å². The standard InChI is InChI=1S/C11H20N2O5S/c1-12(7-8-19(2,17)18)11(16)13-6-4-3-5-9(13)10(14)15/h9H,3-8H2,1-2H3,(H,14,15). The molecule has 0 spiro atoms. The molecule has 1 rings (SSSR count). The summed E-state index contributed by atoms with van der Waals surface area (Å²) in [5.41, 5.74) is 0. The van der Waals surface area contributed by atoms with Gasteiger partial charge in [-0.2, -0.15) is 0 Å². The first-order valence-electron chi connectivity index (χ1n) is 6.14. The Morgan fingerprint density at radius 2 is 2.00 bits per heavy atom. The second kappa shape index (κ2) is 6.23. The lowest BCUT2D eigenvalue weighted by Crippen LogP contribution is -2.52. The lowest BCUT2D eigenvalue weighted by Gasteiger charge is -2.35. The van der Waals surface area contributed by atoms with E-state index in [0.29, 0.717) is 13.0 Å². The molecule has 1 aliphatic rings. The van der Waals surface area contributed by atoms with Gasteiger partial charge >= 0.3 is 12.0 Å². The normalized spacial score (nSPS) is 20.1. The fourth-order valence-electron chi connectivity index (χ4n) is 2.03. The smallest absolute Gasteiger partial charge is 0.326 e. The van der Waals surface area contributed by atoms with Gasteiger partial charge in [0.25, 0.3) is 0 Å². The van der Waals surface area contributed by atoms with Crippen molar-refractivity contribution in [2.75, 3.05) is 32.1 Å². The van der Waals surface area contributed by atoms with Crippen molar-refractivity contribution >= 4 is 21.8 Å². The number of sulfone groups is 1. The van der Waals surface area contributed by atoms with Gasteiger partial charge in [-0.1, -0.05) is 0 Å². The molecule has 0 aromatic heterocycles. The van der Waals surface area contributed by atoms with Crippen molar-refractivity contribution in [3.8, 4) is 0 Å². The molecule has 1 heterocycles. The zero-order valence-electron chi connectivity index (χ0n) is 11.2. The fraction of sp³-hybridized carbons (Fsp3) is 0.818. The Kier molecular flexibility index (Phi) is 5.16. The van der Waals surface area contributed by atoms with Crippen molar-refractivity contribution < 1.29 is 23.1 Å². The summed E-state index contributed by atoms with van der Waals surface area (Å²) in [7, 11) is -1.65. The molecule has 1 unspecified atom stereocenters. The molecule has 2 amide bonds. The van der Waals surface area contributed by atoms with Crippen LogP contribution in [0.5, 0.6) is 0 Å². The summed E-state index contributed by atoms with van der Waals surface area (Å²) in [5, 5.41) is 9.09. The van der Waals surface area contributed by atoms with Crippen LogP contribution in [0.25, 0.3) is 0 Å². The maximum atomic E-state index is 12.1. The van der Waals surface area contributed by atoms with E-state index in [-0.39, 0.29) is 12.3 Å². The number of carboxylic acids is 1. The summed E-state index contributed by atoms with van der Waals surface area (Å²) >= 11 is 0. The molecule has 0 aromatic rings. The summed E-state index contributed by atoms with van der Waals surface area (Å²) in [5.74, 6) is -1.13. The van der Waals surface area contributed by atoms with Crippen LogP contribution in [0.1, 0.15) is 19.3 Å². The Hall–Kier alpha value is -1.31. The van der Waals surface area contributed by atoms with Crippen LogP contribution in [0.3, 0.4) is 0 Å². The van der Waals surface area contributed by atoms with Gasteiger partial charge in [0, 0.05) is 26.4 Å². The zero-order chi connectivity index (χ0) is 14.6. The third-order valence-corrected chi connectivity index (χ3v) is 4.08. The van der Waals surface area contributed by atoms with Gasteiger partial charge < -0.3 is 14.9 Å². The number of likely N-dealkylation sites (tertiary alicyclic amines) is 1. The van der Waals surface area contributed by atoms with Crippen LogP contribution in [0.4, 0.5) is 4.79 Å². The number of amides is 2. The minimum absolute atomic E-state index is 0.0699. The van der Waals surface area contributed by atoms with Crippen LogP contribution in [-0.4, -0.2) is 73.5 Å². The van der Waals surface area contributed by atoms with Gasteiger partial charge in [0.2, 0.25) is 0 Å². The molecule has 0 saturated carbocycles. The van der Waals surface area contributed by atoms with Crippen LogP contribution >= 0.6 is 0 Å². The maximum Gasteiger partial charge on any atom is 0.326 e. The number of urea groups is 1. The van der Waals surface area contributed by atoms with Gasteiger partial charge in [-0.3, -0.25) is 0 Å². The highest BCUT2D eigenvalue weighted by atomic mass is 32.2. The Morgan fingerprint density at radius 1 is 1.37 bits per heavy atom. The molecular weight excluding hydrogens is 272 g/mol. The topological polar surface area (TPSA) is 95.0 Å². The predicted octanol–water partition coefficient (Wildman–Crippen LogP) is 0.0219. The number of nitrogens with zero attached hydrogens (tertiary/aromatic N) is 2. The minimum Gasteiger partial charge on any atom is -0.480 e. The quantitative estimate of drug-likeness (QED) is 0.788. The molecule has 1 N–H and O–H groups in total. The molecule has 1 atom stereocenters. The molecule has 0 aromatic carbocycles. The molecule has 0 aliphatic carbocycles. The predicted molar refractivity (Wildman–Crippen MR) is 69.7 cm³/mol. The van der Waals surface area contributed by atoms with Gasteiger partial charge in [0.05, 0.1) is 5.75 Å². The average Bonchev–Trinajstić information content (AvgIpc) is 2.34. The van der Waals surface area contributed by atoms with Crippen LogP contribution in [0.2, 0.25) is 0 Å². The maximum absolute atomic E-state index is 12.1. The second-order valence-corrected chi connectivity index (χ2v) is 7.14. The van der Waals surface area contributed by atoms with E-state index in [4.69, 9.17) is 5.11 Å². The van der Waals surface area contributed by atoms with Crippen LogP contribution < -0.4 is 0 Å². The zero-order valence-corrected chi connectivity index (χ0v) is 12.0. The number of carbonyl (C=O) groups is 2. The number of aliphatic carboxylic acids is 1. The van der Waals surface area contributed by atoms with E-state index in [2.05, 4.69) is 0 Å². The number of hydrogen-bond acceptors (Lipinski definition) is 4. The minimum atomic E-state index is -3.14. The Bertz CT molecular complexity index is 448. The molecule has 8 heteroatoms.